The van der Waals surface area contributed by atoms with E-state index in [1.807, 2.05) is 21.1 Å². The molecule has 0 aromatic rings. The van der Waals surface area contributed by atoms with Crippen molar-refractivity contribution in [2.24, 2.45) is 0 Å². The number of phosphoric acid groups is 1. The van der Waals surface area contributed by atoms with Crippen LogP contribution in [0.25, 0.3) is 0 Å². The van der Waals surface area contributed by atoms with Crippen molar-refractivity contribution in [3.8, 4) is 0 Å². The molecule has 0 saturated heterocycles. The summed E-state index contributed by atoms with van der Waals surface area (Å²) >= 11 is 0. The highest BCUT2D eigenvalue weighted by Crippen LogP contribution is 2.43. The van der Waals surface area contributed by atoms with E-state index in [4.69, 9.17) is 18.5 Å². The molecule has 0 amide bonds. The SMILES string of the molecule is CCCCCCCCCCCCCCCCCCCCCCCCCCCCCCCCCCCCCCCCC(=O)OC(COC(=O)CCCCCCCCCCC)COP(=O)(O)OCC[N+](C)(C)C. The number of unbranched alkanes of at least 4 members (excludes halogenated alkanes) is 45. The minimum atomic E-state index is -4.37. The first kappa shape index (κ1) is 70.0. The number of hydrogen-bond acceptors (Lipinski definition) is 7. The predicted molar refractivity (Wildman–Crippen MR) is 303 cm³/mol. The minimum absolute atomic E-state index is 0.0369. The average molecular weight is 1030 g/mol. The van der Waals surface area contributed by atoms with Crippen molar-refractivity contribution in [1.29, 1.82) is 0 Å². The van der Waals surface area contributed by atoms with Crippen molar-refractivity contribution in [1.82, 2.24) is 0 Å². The number of hydrogen-bond donors (Lipinski definition) is 1. The van der Waals surface area contributed by atoms with Crippen LogP contribution in [0.1, 0.15) is 328 Å². The lowest BCUT2D eigenvalue weighted by Crippen LogP contribution is -2.37. The molecule has 0 spiro atoms. The molecule has 0 saturated carbocycles. The van der Waals surface area contributed by atoms with Crippen LogP contribution in [0.4, 0.5) is 0 Å². The molecule has 2 atom stereocenters. The molecule has 0 rings (SSSR count). The minimum Gasteiger partial charge on any atom is -0.462 e. The van der Waals surface area contributed by atoms with Gasteiger partial charge in [0.15, 0.2) is 6.10 Å². The summed E-state index contributed by atoms with van der Waals surface area (Å²) in [4.78, 5) is 35.5. The molecule has 2 unspecified atom stereocenters. The van der Waals surface area contributed by atoms with Crippen LogP contribution in [0.15, 0.2) is 0 Å². The fraction of sp³-hybridized carbons (Fsp3) is 0.967. The average Bonchev–Trinajstić information content (AvgIpc) is 3.33. The van der Waals surface area contributed by atoms with Crippen LogP contribution < -0.4 is 0 Å². The summed E-state index contributed by atoms with van der Waals surface area (Å²) < 4.78 is 34.4. The number of phosphoric ester groups is 1. The Labute approximate surface area is 442 Å². The molecule has 0 aromatic carbocycles. The van der Waals surface area contributed by atoms with E-state index in [1.54, 1.807) is 0 Å². The van der Waals surface area contributed by atoms with Crippen LogP contribution >= 0.6 is 7.82 Å². The van der Waals surface area contributed by atoms with E-state index in [9.17, 15) is 19.0 Å². The van der Waals surface area contributed by atoms with Gasteiger partial charge in [-0.25, -0.2) is 4.57 Å². The Morgan fingerprint density at radius 1 is 0.380 bits per heavy atom. The Balaban J connectivity index is 3.77. The number of quaternary nitrogens is 1. The third kappa shape index (κ3) is 58.1. The van der Waals surface area contributed by atoms with Gasteiger partial charge >= 0.3 is 19.8 Å². The van der Waals surface area contributed by atoms with Gasteiger partial charge in [0.2, 0.25) is 0 Å². The Hall–Kier alpha value is -0.990. The lowest BCUT2D eigenvalue weighted by Gasteiger charge is -2.24. The zero-order valence-corrected chi connectivity index (χ0v) is 49.1. The molecule has 424 valence electrons. The molecule has 0 aliphatic heterocycles. The second kappa shape index (κ2) is 53.8. The van der Waals surface area contributed by atoms with Gasteiger partial charge in [-0.15, -0.1) is 0 Å². The summed E-state index contributed by atoms with van der Waals surface area (Å²) in [6.07, 6.45) is 62.4. The van der Waals surface area contributed by atoms with E-state index in [2.05, 4.69) is 13.8 Å². The molecule has 0 aliphatic carbocycles. The van der Waals surface area contributed by atoms with E-state index < -0.39 is 26.5 Å². The molecular formula is C61H123NO8P+. The number of esters is 2. The van der Waals surface area contributed by atoms with Gasteiger partial charge in [0.05, 0.1) is 27.7 Å². The number of ether oxygens (including phenoxy) is 2. The second-order valence-electron chi connectivity index (χ2n) is 22.8. The normalized spacial score (nSPS) is 13.2. The van der Waals surface area contributed by atoms with E-state index in [-0.39, 0.29) is 25.6 Å². The third-order valence-electron chi connectivity index (χ3n) is 14.4. The van der Waals surface area contributed by atoms with Crippen molar-refractivity contribution < 1.29 is 42.1 Å². The highest BCUT2D eigenvalue weighted by atomic mass is 31.2. The van der Waals surface area contributed by atoms with Gasteiger partial charge in [-0.2, -0.15) is 0 Å². The molecule has 71 heavy (non-hydrogen) atoms. The molecule has 10 heteroatoms. The van der Waals surface area contributed by atoms with Gasteiger partial charge in [0, 0.05) is 12.8 Å². The quantitative estimate of drug-likeness (QED) is 0.0278. The van der Waals surface area contributed by atoms with Crippen LogP contribution in [-0.2, 0) is 32.7 Å². The van der Waals surface area contributed by atoms with Crippen molar-refractivity contribution >= 4 is 19.8 Å². The maximum atomic E-state index is 12.8. The standard InChI is InChI=1S/C61H122NO8P/c1-6-8-10-12-14-16-17-18-19-20-21-22-23-24-25-26-27-28-29-30-31-32-33-34-35-36-37-38-39-40-41-42-43-44-46-48-50-52-54-61(64)70-59(58-69-71(65,66)68-56-55-62(3,4)5)57-67-60(63)53-51-49-47-45-15-13-11-9-7-2/h59H,6-58H2,1-5H3/p+1. The van der Waals surface area contributed by atoms with Crippen LogP contribution in [0, 0.1) is 0 Å². The zero-order chi connectivity index (χ0) is 52.0. The van der Waals surface area contributed by atoms with Gasteiger partial charge < -0.3 is 18.9 Å². The fourth-order valence-electron chi connectivity index (χ4n) is 9.55. The first-order valence-corrected chi connectivity index (χ1v) is 32.8. The van der Waals surface area contributed by atoms with Gasteiger partial charge in [-0.05, 0) is 12.8 Å². The maximum Gasteiger partial charge on any atom is 0.472 e. The molecule has 0 fully saturated rings. The zero-order valence-electron chi connectivity index (χ0n) is 48.3. The van der Waals surface area contributed by atoms with Gasteiger partial charge in [-0.3, -0.25) is 18.6 Å². The van der Waals surface area contributed by atoms with Crippen molar-refractivity contribution in [3.05, 3.63) is 0 Å². The van der Waals surface area contributed by atoms with Crippen molar-refractivity contribution in [3.63, 3.8) is 0 Å². The Kier molecular flexibility index (Phi) is 53.1. The number of rotatable bonds is 59. The molecule has 0 aliphatic rings. The second-order valence-corrected chi connectivity index (χ2v) is 24.3. The molecule has 0 heterocycles. The van der Waals surface area contributed by atoms with Crippen molar-refractivity contribution in [2.45, 2.75) is 335 Å². The lowest BCUT2D eigenvalue weighted by molar-refractivity contribution is -0.870. The van der Waals surface area contributed by atoms with E-state index >= 15 is 0 Å². The van der Waals surface area contributed by atoms with E-state index in [1.165, 1.54) is 263 Å². The third-order valence-corrected chi connectivity index (χ3v) is 15.4. The number of nitrogens with zero attached hydrogens (tertiary/aromatic N) is 1. The topological polar surface area (TPSA) is 108 Å². The van der Waals surface area contributed by atoms with Crippen LogP contribution in [-0.4, -0.2) is 74.9 Å². The molecular weight excluding hydrogens is 906 g/mol. The Morgan fingerprint density at radius 3 is 0.901 bits per heavy atom. The smallest absolute Gasteiger partial charge is 0.462 e. The monoisotopic (exact) mass is 1030 g/mol. The number of carbonyl (C=O) groups is 2. The molecule has 9 nitrogen and oxygen atoms in total. The number of carbonyl (C=O) groups excluding carboxylic acids is 2. The first-order valence-electron chi connectivity index (χ1n) is 31.3. The van der Waals surface area contributed by atoms with E-state index in [0.29, 0.717) is 17.4 Å². The summed E-state index contributed by atoms with van der Waals surface area (Å²) in [6, 6.07) is 0. The summed E-state index contributed by atoms with van der Waals surface area (Å²) in [6.45, 7) is 4.46. The number of likely N-dealkylation sites (N-methyl/N-ethyl adjacent to an activating group) is 1. The molecule has 0 aromatic heterocycles. The predicted octanol–water partition coefficient (Wildman–Crippen LogP) is 19.4. The fourth-order valence-corrected chi connectivity index (χ4v) is 10.3. The van der Waals surface area contributed by atoms with E-state index in [0.717, 1.165) is 38.5 Å². The summed E-state index contributed by atoms with van der Waals surface area (Å²) in [5.41, 5.74) is 0. The van der Waals surface area contributed by atoms with Gasteiger partial charge in [0.1, 0.15) is 19.8 Å². The summed E-state index contributed by atoms with van der Waals surface area (Å²) in [5, 5.41) is 0. The van der Waals surface area contributed by atoms with Gasteiger partial charge in [-0.1, -0.05) is 303 Å². The molecule has 1 N–H and O–H groups in total. The van der Waals surface area contributed by atoms with Gasteiger partial charge in [0.25, 0.3) is 0 Å². The summed E-state index contributed by atoms with van der Waals surface area (Å²) in [5.74, 6) is -0.781. The van der Waals surface area contributed by atoms with Crippen LogP contribution in [0.5, 0.6) is 0 Å². The molecule has 0 bridgehead atoms. The Morgan fingerprint density at radius 2 is 0.634 bits per heavy atom. The lowest BCUT2D eigenvalue weighted by atomic mass is 10.0. The molecule has 0 radical (unpaired) electrons. The van der Waals surface area contributed by atoms with Crippen LogP contribution in [0.2, 0.25) is 0 Å². The maximum absolute atomic E-state index is 12.8. The van der Waals surface area contributed by atoms with Crippen LogP contribution in [0.3, 0.4) is 0 Å². The summed E-state index contributed by atoms with van der Waals surface area (Å²) in [7, 11) is 1.50. The van der Waals surface area contributed by atoms with Crippen molar-refractivity contribution in [2.75, 3.05) is 47.5 Å². The highest BCUT2D eigenvalue weighted by Gasteiger charge is 2.27. The Bertz CT molecular complexity index is 1160. The highest BCUT2D eigenvalue weighted by molar-refractivity contribution is 7.47. The largest absolute Gasteiger partial charge is 0.472 e. The first-order chi connectivity index (χ1) is 34.5.